The first-order valence-electron chi connectivity index (χ1n) is 6.48. The lowest BCUT2D eigenvalue weighted by molar-refractivity contribution is -0.120. The summed E-state index contributed by atoms with van der Waals surface area (Å²) in [6, 6.07) is 7.58. The van der Waals surface area contributed by atoms with E-state index < -0.39 is 0 Å². The maximum absolute atomic E-state index is 11.9. The molecule has 0 saturated heterocycles. The van der Waals surface area contributed by atoms with E-state index in [1.54, 1.807) is 18.4 Å². The second kappa shape index (κ2) is 7.05. The molecule has 1 N–H and O–H groups in total. The maximum atomic E-state index is 11.9. The molecule has 0 aliphatic heterocycles. The van der Waals surface area contributed by atoms with Gasteiger partial charge in [0, 0.05) is 23.4 Å². The molecule has 1 aromatic heterocycles. The molecule has 0 saturated carbocycles. The highest BCUT2D eigenvalue weighted by molar-refractivity contribution is 7.09. The maximum Gasteiger partial charge on any atom is 0.224 e. The third kappa shape index (κ3) is 3.81. The van der Waals surface area contributed by atoms with Crippen molar-refractivity contribution in [2.45, 2.75) is 19.8 Å². The van der Waals surface area contributed by atoms with Crippen LogP contribution in [0.3, 0.4) is 0 Å². The van der Waals surface area contributed by atoms with E-state index in [1.165, 1.54) is 4.88 Å². The summed E-state index contributed by atoms with van der Waals surface area (Å²) in [6.45, 7) is 2.62. The van der Waals surface area contributed by atoms with Gasteiger partial charge in [0.15, 0.2) is 0 Å². The molecule has 1 amide bonds. The largest absolute Gasteiger partial charge is 0.496 e. The van der Waals surface area contributed by atoms with Crippen molar-refractivity contribution in [1.82, 2.24) is 10.3 Å². The van der Waals surface area contributed by atoms with Crippen LogP contribution in [0, 0.1) is 6.92 Å². The number of hydrogen-bond acceptors (Lipinski definition) is 4. The normalized spacial score (nSPS) is 10.3. The average molecular weight is 290 g/mol. The molecule has 0 fully saturated rings. The molecule has 0 unspecified atom stereocenters. The lowest BCUT2D eigenvalue weighted by Crippen LogP contribution is -2.27. The van der Waals surface area contributed by atoms with Crippen molar-refractivity contribution in [2.24, 2.45) is 0 Å². The van der Waals surface area contributed by atoms with E-state index in [1.807, 2.05) is 36.7 Å². The number of ether oxygens (including phenoxy) is 1. The fourth-order valence-corrected chi connectivity index (χ4v) is 2.75. The lowest BCUT2D eigenvalue weighted by Gasteiger charge is -2.08. The highest BCUT2D eigenvalue weighted by Gasteiger charge is 2.08. The Labute approximate surface area is 122 Å². The SMILES string of the molecule is COc1ccccc1CC(=O)NCCc1scnc1C. The zero-order valence-electron chi connectivity index (χ0n) is 11.7. The zero-order chi connectivity index (χ0) is 14.4. The number of methoxy groups -OCH3 is 1. The van der Waals surface area contributed by atoms with Crippen LogP contribution in [0.25, 0.3) is 0 Å². The Kier molecular flexibility index (Phi) is 5.12. The molecule has 5 heteroatoms. The first-order valence-corrected chi connectivity index (χ1v) is 7.36. The summed E-state index contributed by atoms with van der Waals surface area (Å²) in [5.74, 6) is 0.762. The minimum Gasteiger partial charge on any atom is -0.496 e. The van der Waals surface area contributed by atoms with Gasteiger partial charge in [-0.3, -0.25) is 4.79 Å². The standard InChI is InChI=1S/C15H18N2O2S/c1-11-14(20-10-17-11)7-8-16-15(18)9-12-5-3-4-6-13(12)19-2/h3-6,10H,7-9H2,1-2H3,(H,16,18). The first-order chi connectivity index (χ1) is 9.70. The van der Waals surface area contributed by atoms with Gasteiger partial charge in [-0.15, -0.1) is 11.3 Å². The number of thiazole rings is 1. The monoisotopic (exact) mass is 290 g/mol. The Hall–Kier alpha value is -1.88. The van der Waals surface area contributed by atoms with Crippen LogP contribution in [0.1, 0.15) is 16.1 Å². The number of amides is 1. The van der Waals surface area contributed by atoms with Crippen LogP contribution >= 0.6 is 11.3 Å². The Balaban J connectivity index is 1.82. The van der Waals surface area contributed by atoms with E-state index in [0.717, 1.165) is 23.4 Å². The summed E-state index contributed by atoms with van der Waals surface area (Å²) in [6.07, 6.45) is 1.17. The molecule has 0 spiro atoms. The van der Waals surface area contributed by atoms with Gasteiger partial charge in [0.05, 0.1) is 24.7 Å². The molecule has 2 rings (SSSR count). The second-order valence-electron chi connectivity index (χ2n) is 4.45. The van der Waals surface area contributed by atoms with Gasteiger partial charge in [0.2, 0.25) is 5.91 Å². The van der Waals surface area contributed by atoms with Gasteiger partial charge in [0.25, 0.3) is 0 Å². The number of carbonyl (C=O) groups is 1. The fourth-order valence-electron chi connectivity index (χ4n) is 1.97. The smallest absolute Gasteiger partial charge is 0.224 e. The molecule has 0 aliphatic rings. The Morgan fingerprint density at radius 2 is 2.20 bits per heavy atom. The van der Waals surface area contributed by atoms with Crippen molar-refractivity contribution in [3.05, 3.63) is 45.9 Å². The van der Waals surface area contributed by atoms with Crippen molar-refractivity contribution < 1.29 is 9.53 Å². The molecule has 0 atom stereocenters. The predicted octanol–water partition coefficient (Wildman–Crippen LogP) is 2.36. The van der Waals surface area contributed by atoms with Crippen molar-refractivity contribution in [3.63, 3.8) is 0 Å². The van der Waals surface area contributed by atoms with E-state index in [9.17, 15) is 4.79 Å². The molecule has 0 bridgehead atoms. The van der Waals surface area contributed by atoms with Gasteiger partial charge >= 0.3 is 0 Å². The van der Waals surface area contributed by atoms with Crippen molar-refractivity contribution in [2.75, 3.05) is 13.7 Å². The lowest BCUT2D eigenvalue weighted by atomic mass is 10.1. The quantitative estimate of drug-likeness (QED) is 0.888. The molecule has 2 aromatic rings. The summed E-state index contributed by atoms with van der Waals surface area (Å²) >= 11 is 1.63. The van der Waals surface area contributed by atoms with Crippen LogP contribution in [0.15, 0.2) is 29.8 Å². The molecule has 0 aliphatic carbocycles. The highest BCUT2D eigenvalue weighted by Crippen LogP contribution is 2.17. The van der Waals surface area contributed by atoms with Crippen molar-refractivity contribution >= 4 is 17.2 Å². The third-order valence-corrected chi connectivity index (χ3v) is 4.06. The number of aromatic nitrogens is 1. The summed E-state index contributed by atoms with van der Waals surface area (Å²) in [5.41, 5.74) is 3.79. The van der Waals surface area contributed by atoms with Gasteiger partial charge in [-0.05, 0) is 13.0 Å². The van der Waals surface area contributed by atoms with E-state index in [2.05, 4.69) is 10.3 Å². The van der Waals surface area contributed by atoms with Crippen LogP contribution < -0.4 is 10.1 Å². The van der Waals surface area contributed by atoms with E-state index in [0.29, 0.717) is 13.0 Å². The number of hydrogen-bond donors (Lipinski definition) is 1. The molecule has 1 aromatic carbocycles. The topological polar surface area (TPSA) is 51.2 Å². The summed E-state index contributed by atoms with van der Waals surface area (Å²) in [7, 11) is 1.61. The number of nitrogens with one attached hydrogen (secondary N) is 1. The number of carbonyl (C=O) groups excluding carboxylic acids is 1. The average Bonchev–Trinajstić information content (AvgIpc) is 2.85. The molecular formula is C15H18N2O2S. The number of aryl methyl sites for hydroxylation is 1. The predicted molar refractivity (Wildman–Crippen MR) is 80.3 cm³/mol. The Morgan fingerprint density at radius 3 is 2.90 bits per heavy atom. The minimum absolute atomic E-state index is 0.0108. The number of nitrogens with zero attached hydrogens (tertiary/aromatic N) is 1. The molecule has 1 heterocycles. The number of rotatable bonds is 6. The van der Waals surface area contributed by atoms with Gasteiger partial charge in [-0.2, -0.15) is 0 Å². The zero-order valence-corrected chi connectivity index (χ0v) is 12.5. The van der Waals surface area contributed by atoms with Crippen LogP contribution in [0.5, 0.6) is 5.75 Å². The molecular weight excluding hydrogens is 272 g/mol. The van der Waals surface area contributed by atoms with Crippen LogP contribution in [-0.4, -0.2) is 24.5 Å². The van der Waals surface area contributed by atoms with Crippen LogP contribution in [-0.2, 0) is 17.6 Å². The third-order valence-electron chi connectivity index (χ3n) is 3.06. The number of para-hydroxylation sites is 1. The van der Waals surface area contributed by atoms with E-state index in [4.69, 9.17) is 4.74 Å². The second-order valence-corrected chi connectivity index (χ2v) is 5.39. The summed E-state index contributed by atoms with van der Waals surface area (Å²) in [5, 5.41) is 2.93. The molecule has 20 heavy (non-hydrogen) atoms. The number of benzene rings is 1. The van der Waals surface area contributed by atoms with Gasteiger partial charge in [-0.1, -0.05) is 18.2 Å². The first kappa shape index (κ1) is 14.5. The highest BCUT2D eigenvalue weighted by atomic mass is 32.1. The molecule has 0 radical (unpaired) electrons. The van der Waals surface area contributed by atoms with Gasteiger partial charge in [-0.25, -0.2) is 4.98 Å². The molecule has 106 valence electrons. The van der Waals surface area contributed by atoms with Crippen molar-refractivity contribution in [3.8, 4) is 5.75 Å². The van der Waals surface area contributed by atoms with Gasteiger partial charge in [0.1, 0.15) is 5.75 Å². The van der Waals surface area contributed by atoms with Crippen LogP contribution in [0.2, 0.25) is 0 Å². The van der Waals surface area contributed by atoms with Gasteiger partial charge < -0.3 is 10.1 Å². The van der Waals surface area contributed by atoms with Crippen molar-refractivity contribution in [1.29, 1.82) is 0 Å². The van der Waals surface area contributed by atoms with E-state index >= 15 is 0 Å². The Morgan fingerprint density at radius 1 is 1.40 bits per heavy atom. The fraction of sp³-hybridized carbons (Fsp3) is 0.333. The minimum atomic E-state index is 0.0108. The summed E-state index contributed by atoms with van der Waals surface area (Å²) < 4.78 is 5.24. The van der Waals surface area contributed by atoms with Crippen LogP contribution in [0.4, 0.5) is 0 Å². The summed E-state index contributed by atoms with van der Waals surface area (Å²) in [4.78, 5) is 17.3. The van der Waals surface area contributed by atoms with E-state index in [-0.39, 0.29) is 5.91 Å². The Bertz CT molecular complexity index is 581. The molecule has 4 nitrogen and oxygen atoms in total.